The summed E-state index contributed by atoms with van der Waals surface area (Å²) in [6, 6.07) is 19.7. The number of para-hydroxylation sites is 1. The number of nitrogens with one attached hydrogen (secondary N) is 2. The first-order valence-corrected chi connectivity index (χ1v) is 9.72. The predicted molar refractivity (Wildman–Crippen MR) is 114 cm³/mol. The van der Waals surface area contributed by atoms with Crippen LogP contribution in [-0.4, -0.2) is 18.0 Å². The summed E-state index contributed by atoms with van der Waals surface area (Å²) >= 11 is 0. The van der Waals surface area contributed by atoms with Gasteiger partial charge in [-0.15, -0.1) is 0 Å². The van der Waals surface area contributed by atoms with Crippen molar-refractivity contribution >= 4 is 16.8 Å². The van der Waals surface area contributed by atoms with Gasteiger partial charge < -0.3 is 19.5 Å². The van der Waals surface area contributed by atoms with Crippen LogP contribution in [0.4, 0.5) is 0 Å². The van der Waals surface area contributed by atoms with Crippen LogP contribution in [0.5, 0.6) is 5.75 Å². The van der Waals surface area contributed by atoms with Crippen molar-refractivity contribution in [2.45, 2.75) is 25.8 Å². The van der Waals surface area contributed by atoms with Gasteiger partial charge in [0.2, 0.25) is 5.91 Å². The molecule has 5 heteroatoms. The van der Waals surface area contributed by atoms with Crippen molar-refractivity contribution in [1.29, 1.82) is 0 Å². The molecule has 1 unspecified atom stereocenters. The lowest BCUT2D eigenvalue weighted by atomic mass is 10.0. The molecular formula is C24H24N2O3. The molecule has 0 spiro atoms. The number of hydrogen-bond acceptors (Lipinski definition) is 3. The third-order valence-electron chi connectivity index (χ3n) is 5.14. The molecule has 0 radical (unpaired) electrons. The molecule has 4 aromatic rings. The van der Waals surface area contributed by atoms with Crippen molar-refractivity contribution in [3.63, 3.8) is 0 Å². The maximum atomic E-state index is 12.5. The van der Waals surface area contributed by atoms with Gasteiger partial charge in [0.05, 0.1) is 19.4 Å². The first-order chi connectivity index (χ1) is 14.2. The van der Waals surface area contributed by atoms with E-state index in [1.807, 2.05) is 55.5 Å². The van der Waals surface area contributed by atoms with E-state index >= 15 is 0 Å². The second kappa shape index (κ2) is 8.27. The van der Waals surface area contributed by atoms with Gasteiger partial charge in [-0.2, -0.15) is 0 Å². The molecule has 0 aliphatic carbocycles. The zero-order valence-electron chi connectivity index (χ0n) is 16.6. The average molecular weight is 388 g/mol. The summed E-state index contributed by atoms with van der Waals surface area (Å²) in [5, 5.41) is 4.15. The Morgan fingerprint density at radius 1 is 1.10 bits per heavy atom. The Labute approximate surface area is 169 Å². The summed E-state index contributed by atoms with van der Waals surface area (Å²) in [7, 11) is 1.66. The fourth-order valence-electron chi connectivity index (χ4n) is 3.62. The molecule has 1 amide bonds. The number of carbonyl (C=O) groups excluding carboxylic acids is 1. The Balaban J connectivity index is 1.56. The van der Waals surface area contributed by atoms with Gasteiger partial charge >= 0.3 is 0 Å². The number of carbonyl (C=O) groups is 1. The quantitative estimate of drug-likeness (QED) is 0.455. The fourth-order valence-corrected chi connectivity index (χ4v) is 3.62. The van der Waals surface area contributed by atoms with E-state index in [4.69, 9.17) is 9.15 Å². The molecule has 5 nitrogen and oxygen atoms in total. The van der Waals surface area contributed by atoms with E-state index in [2.05, 4.69) is 22.4 Å². The Kier molecular flexibility index (Phi) is 5.38. The smallest absolute Gasteiger partial charge is 0.220 e. The number of hydrogen-bond donors (Lipinski definition) is 2. The number of aromatic amines is 1. The summed E-state index contributed by atoms with van der Waals surface area (Å²) in [4.78, 5) is 16.0. The number of amides is 1. The fraction of sp³-hybridized carbons (Fsp3) is 0.208. The Morgan fingerprint density at radius 3 is 2.62 bits per heavy atom. The van der Waals surface area contributed by atoms with E-state index in [0.29, 0.717) is 12.8 Å². The number of rotatable bonds is 7. The third kappa shape index (κ3) is 4.04. The van der Waals surface area contributed by atoms with Crippen molar-refractivity contribution in [3.05, 3.63) is 78.3 Å². The van der Waals surface area contributed by atoms with Crippen molar-refractivity contribution in [3.8, 4) is 17.0 Å². The van der Waals surface area contributed by atoms with Gasteiger partial charge in [0.1, 0.15) is 11.5 Å². The van der Waals surface area contributed by atoms with Gasteiger partial charge in [-0.05, 0) is 66.9 Å². The third-order valence-corrected chi connectivity index (χ3v) is 5.14. The van der Waals surface area contributed by atoms with E-state index in [1.54, 1.807) is 13.4 Å². The number of furan rings is 1. The van der Waals surface area contributed by atoms with Crippen LogP contribution in [0.2, 0.25) is 0 Å². The maximum absolute atomic E-state index is 12.5. The summed E-state index contributed by atoms with van der Waals surface area (Å²) in [5.74, 6) is 1.57. The molecule has 2 aromatic carbocycles. The first kappa shape index (κ1) is 18.9. The van der Waals surface area contributed by atoms with Crippen LogP contribution in [0.3, 0.4) is 0 Å². The number of H-pyrrole nitrogens is 1. The maximum Gasteiger partial charge on any atom is 0.220 e. The molecule has 0 saturated carbocycles. The van der Waals surface area contributed by atoms with Gasteiger partial charge in [0.15, 0.2) is 0 Å². The highest BCUT2D eigenvalue weighted by Gasteiger charge is 2.16. The molecule has 0 aliphatic rings. The van der Waals surface area contributed by atoms with Gasteiger partial charge in [0.25, 0.3) is 0 Å². The van der Waals surface area contributed by atoms with E-state index < -0.39 is 0 Å². The van der Waals surface area contributed by atoms with E-state index in [-0.39, 0.29) is 11.9 Å². The van der Waals surface area contributed by atoms with Crippen molar-refractivity contribution in [2.24, 2.45) is 0 Å². The van der Waals surface area contributed by atoms with Crippen LogP contribution >= 0.6 is 0 Å². The summed E-state index contributed by atoms with van der Waals surface area (Å²) in [6.45, 7) is 1.92. The summed E-state index contributed by atoms with van der Waals surface area (Å²) in [6.07, 6.45) is 2.66. The van der Waals surface area contributed by atoms with E-state index in [9.17, 15) is 4.79 Å². The minimum atomic E-state index is -0.151. The number of aryl methyl sites for hydroxylation is 1. The van der Waals surface area contributed by atoms with Crippen molar-refractivity contribution < 1.29 is 13.9 Å². The van der Waals surface area contributed by atoms with Crippen LogP contribution in [0.25, 0.3) is 22.2 Å². The molecule has 1 atom stereocenters. The number of fused-ring (bicyclic) bond motifs is 1. The van der Waals surface area contributed by atoms with Gasteiger partial charge in [-0.25, -0.2) is 0 Å². The highest BCUT2D eigenvalue weighted by molar-refractivity contribution is 5.91. The standard InChI is InChI=1S/C24H24N2O3/c1-16(22-8-5-15-29-22)25-23(27)14-13-20-19-6-3-4-7-21(19)26-24(20)17-9-11-18(28-2)12-10-17/h3-12,15-16,26H,13-14H2,1-2H3,(H,25,27). The van der Waals surface area contributed by atoms with Crippen LogP contribution in [0.1, 0.15) is 30.7 Å². The van der Waals surface area contributed by atoms with Crippen LogP contribution < -0.4 is 10.1 Å². The lowest BCUT2D eigenvalue weighted by Crippen LogP contribution is -2.26. The van der Waals surface area contributed by atoms with Crippen LogP contribution in [0, 0.1) is 0 Å². The Hall–Kier alpha value is -3.47. The van der Waals surface area contributed by atoms with Crippen LogP contribution in [0.15, 0.2) is 71.3 Å². The summed E-state index contributed by atoms with van der Waals surface area (Å²) in [5.41, 5.74) is 4.33. The topological polar surface area (TPSA) is 67.3 Å². The molecule has 29 heavy (non-hydrogen) atoms. The Morgan fingerprint density at radius 2 is 1.90 bits per heavy atom. The first-order valence-electron chi connectivity index (χ1n) is 9.72. The zero-order chi connectivity index (χ0) is 20.2. The molecule has 0 fully saturated rings. The number of aromatic nitrogens is 1. The number of methoxy groups -OCH3 is 1. The highest BCUT2D eigenvalue weighted by atomic mass is 16.5. The molecule has 2 N–H and O–H groups in total. The number of ether oxygens (including phenoxy) is 1. The SMILES string of the molecule is COc1ccc(-c2[nH]c3ccccc3c2CCC(=O)NC(C)c2ccco2)cc1. The average Bonchev–Trinajstić information content (AvgIpc) is 3.40. The molecule has 0 bridgehead atoms. The number of benzene rings is 2. The predicted octanol–water partition coefficient (Wildman–Crippen LogP) is 5.25. The second-order valence-electron chi connectivity index (χ2n) is 7.06. The molecule has 148 valence electrons. The molecular weight excluding hydrogens is 364 g/mol. The lowest BCUT2D eigenvalue weighted by molar-refractivity contribution is -0.121. The van der Waals surface area contributed by atoms with Crippen LogP contribution in [-0.2, 0) is 11.2 Å². The van der Waals surface area contributed by atoms with Crippen molar-refractivity contribution in [2.75, 3.05) is 7.11 Å². The van der Waals surface area contributed by atoms with E-state index in [1.165, 1.54) is 0 Å². The molecule has 2 heterocycles. The zero-order valence-corrected chi connectivity index (χ0v) is 16.6. The highest BCUT2D eigenvalue weighted by Crippen LogP contribution is 2.32. The second-order valence-corrected chi connectivity index (χ2v) is 7.06. The summed E-state index contributed by atoms with van der Waals surface area (Å²) < 4.78 is 10.6. The largest absolute Gasteiger partial charge is 0.497 e. The lowest BCUT2D eigenvalue weighted by Gasteiger charge is -2.12. The minimum Gasteiger partial charge on any atom is -0.497 e. The van der Waals surface area contributed by atoms with Gasteiger partial charge in [-0.1, -0.05) is 18.2 Å². The molecule has 0 aliphatic heterocycles. The van der Waals surface area contributed by atoms with Crippen molar-refractivity contribution in [1.82, 2.24) is 10.3 Å². The van der Waals surface area contributed by atoms with Gasteiger partial charge in [-0.3, -0.25) is 4.79 Å². The monoisotopic (exact) mass is 388 g/mol. The Bertz CT molecular complexity index is 1100. The normalized spacial score (nSPS) is 12.1. The molecule has 2 aromatic heterocycles. The van der Waals surface area contributed by atoms with E-state index in [0.717, 1.165) is 39.2 Å². The molecule has 0 saturated heterocycles. The minimum absolute atomic E-state index is 0.000128. The van der Waals surface area contributed by atoms with Gasteiger partial charge in [0, 0.05) is 23.0 Å². The molecule has 4 rings (SSSR count).